The molecule has 47 heavy (non-hydrogen) atoms. The molecule has 2 aromatic rings. The zero-order valence-corrected chi connectivity index (χ0v) is 27.7. The Morgan fingerprint density at radius 1 is 0.851 bits per heavy atom. The molecule has 0 saturated carbocycles. The molecule has 0 unspecified atom stereocenters. The molecule has 0 fully saturated rings. The average molecular weight is 661 g/mol. The van der Waals surface area contributed by atoms with Gasteiger partial charge in [0.05, 0.1) is 57.8 Å². The number of terminal acetylenes is 1. The molecule has 0 aromatic carbocycles. The second-order valence-corrected chi connectivity index (χ2v) is 7.84. The van der Waals surface area contributed by atoms with Gasteiger partial charge in [-0.3, -0.25) is 0 Å². The van der Waals surface area contributed by atoms with Crippen LogP contribution in [-0.2, 0) is 38.2 Å². The Hall–Kier alpha value is -5.87. The molecular weight excluding hydrogens is 616 g/mol. The second kappa shape index (κ2) is 31.6. The number of nitrogens with two attached hydrogens (primary N) is 1. The number of aromatic nitrogens is 2. The quantitative estimate of drug-likeness (QED) is 0.0736. The number of hydrogen-bond acceptors (Lipinski definition) is 15. The summed E-state index contributed by atoms with van der Waals surface area (Å²) in [6.45, 7) is 9.98. The lowest BCUT2D eigenvalue weighted by Crippen LogP contribution is -2.19. The number of methoxy groups -OCH3 is 2. The Morgan fingerprint density at radius 3 is 1.64 bits per heavy atom. The number of aliphatic hydroxyl groups is 1. The fourth-order valence-electron chi connectivity index (χ4n) is 2.68. The fourth-order valence-corrected chi connectivity index (χ4v) is 2.68. The molecule has 0 aliphatic heterocycles. The predicted molar refractivity (Wildman–Crippen MR) is 172 cm³/mol. The largest absolute Gasteiger partial charge is 0.481 e. The predicted octanol–water partition coefficient (Wildman–Crippen LogP) is 3.85. The van der Waals surface area contributed by atoms with Crippen LogP contribution >= 0.6 is 0 Å². The van der Waals surface area contributed by atoms with Gasteiger partial charge in [-0.05, 0) is 45.7 Å². The maximum absolute atomic E-state index is 11.7. The normalized spacial score (nSPS) is 8.38. The Balaban J connectivity index is -0.000000622. The first kappa shape index (κ1) is 45.6. The van der Waals surface area contributed by atoms with E-state index in [-0.39, 0.29) is 30.9 Å². The average Bonchev–Trinajstić information content (AvgIpc) is 3.06. The highest BCUT2D eigenvalue weighted by molar-refractivity contribution is 6.14. The smallest absolute Gasteiger partial charge is 0.373 e. The first-order valence-corrected chi connectivity index (χ1v) is 14.0. The number of hydrogen-bond donors (Lipinski definition) is 3. The van der Waals surface area contributed by atoms with Gasteiger partial charge < -0.3 is 39.8 Å². The zero-order valence-electron chi connectivity index (χ0n) is 27.7. The summed E-state index contributed by atoms with van der Waals surface area (Å²) in [4.78, 5) is 58.4. The molecule has 4 N–H and O–H groups in total. The molecule has 0 atom stereocenters. The van der Waals surface area contributed by atoms with Crippen LogP contribution in [0, 0.1) is 12.5 Å². The second-order valence-electron chi connectivity index (χ2n) is 7.84. The lowest BCUT2D eigenvalue weighted by atomic mass is 10.1. The van der Waals surface area contributed by atoms with Crippen molar-refractivity contribution in [3.8, 4) is 24.3 Å². The first-order chi connectivity index (χ1) is 22.5. The van der Waals surface area contributed by atoms with Gasteiger partial charge in [0.25, 0.3) is 0 Å². The highest BCUT2D eigenvalue weighted by atomic mass is 16.6. The molecule has 0 spiro atoms. The van der Waals surface area contributed by atoms with Crippen molar-refractivity contribution in [1.82, 2.24) is 9.97 Å². The minimum Gasteiger partial charge on any atom is -0.481 e. The van der Waals surface area contributed by atoms with Crippen LogP contribution in [0.2, 0.25) is 0 Å². The molecule has 0 aliphatic carbocycles. The number of ether oxygens (including phenoxy) is 5. The zero-order chi connectivity index (χ0) is 36.5. The van der Waals surface area contributed by atoms with Crippen molar-refractivity contribution < 1.29 is 52.8 Å². The van der Waals surface area contributed by atoms with E-state index in [0.717, 1.165) is 18.4 Å². The van der Waals surface area contributed by atoms with Crippen molar-refractivity contribution in [2.24, 2.45) is 0 Å². The van der Waals surface area contributed by atoms with E-state index < -0.39 is 11.9 Å². The van der Waals surface area contributed by atoms with Gasteiger partial charge in [0.2, 0.25) is 11.8 Å². The van der Waals surface area contributed by atoms with Crippen molar-refractivity contribution in [3.63, 3.8) is 0 Å². The summed E-state index contributed by atoms with van der Waals surface area (Å²) in [6, 6.07) is 6.79. The molecule has 0 bridgehead atoms. The standard InChI is InChI=1S/C14H18N2O5.C9H16O2.C6H8N2O.C2H2O.CO2/c1-4-20-13(17)11(14(18)21-5-2)9-15-10-6-7-12(19-3)16-8-10;1-4-8(5-2)7-9(10)11-6-3;1-9-6-3-2-5(7)4-8-6;1-2-3;2-1-3/h6-9,15H,4-5H2,1-3H3;7H,4-6H2,1-3H3;2-4H,7H2,1H3;1,3H;. The van der Waals surface area contributed by atoms with Crippen LogP contribution in [0.1, 0.15) is 47.5 Å². The van der Waals surface area contributed by atoms with Crippen LogP contribution in [0.15, 0.2) is 60.1 Å². The van der Waals surface area contributed by atoms with Gasteiger partial charge >= 0.3 is 24.1 Å². The molecule has 0 amide bonds. The molecule has 15 heteroatoms. The highest BCUT2D eigenvalue weighted by Crippen LogP contribution is 2.12. The molecule has 258 valence electrons. The van der Waals surface area contributed by atoms with Gasteiger partial charge in [-0.2, -0.15) is 9.59 Å². The molecule has 0 saturated heterocycles. The van der Waals surface area contributed by atoms with Gasteiger partial charge in [-0.1, -0.05) is 25.8 Å². The topological polar surface area (TPSA) is 216 Å². The Morgan fingerprint density at radius 2 is 1.30 bits per heavy atom. The Labute approximate surface area is 275 Å². The van der Waals surface area contributed by atoms with E-state index in [1.165, 1.54) is 25.6 Å². The van der Waals surface area contributed by atoms with Crippen LogP contribution in [-0.4, -0.2) is 73.2 Å². The summed E-state index contributed by atoms with van der Waals surface area (Å²) in [5.74, 6) is -0.661. The van der Waals surface area contributed by atoms with Crippen LogP contribution < -0.4 is 20.5 Å². The number of carbonyl (C=O) groups excluding carboxylic acids is 5. The van der Waals surface area contributed by atoms with Gasteiger partial charge in [0.1, 0.15) is 6.11 Å². The third-order valence-corrected chi connectivity index (χ3v) is 4.80. The molecule has 0 aliphatic rings. The summed E-state index contributed by atoms with van der Waals surface area (Å²) in [5.41, 5.74) is 7.53. The van der Waals surface area contributed by atoms with E-state index in [9.17, 15) is 14.4 Å². The summed E-state index contributed by atoms with van der Waals surface area (Å²) in [7, 11) is 3.08. The molecule has 2 heterocycles. The van der Waals surface area contributed by atoms with E-state index in [1.807, 2.05) is 20.8 Å². The van der Waals surface area contributed by atoms with E-state index in [1.54, 1.807) is 57.5 Å². The number of allylic oxidation sites excluding steroid dienone is 1. The summed E-state index contributed by atoms with van der Waals surface area (Å²) < 4.78 is 24.1. The molecule has 15 nitrogen and oxygen atoms in total. The van der Waals surface area contributed by atoms with Crippen molar-refractivity contribution in [2.45, 2.75) is 47.5 Å². The molecule has 2 aromatic heterocycles. The maximum atomic E-state index is 11.7. The van der Waals surface area contributed by atoms with Crippen molar-refractivity contribution >= 4 is 35.4 Å². The Kier molecular flexibility index (Phi) is 30.6. The van der Waals surface area contributed by atoms with Gasteiger partial charge in [-0.25, -0.2) is 24.4 Å². The van der Waals surface area contributed by atoms with Gasteiger partial charge in [0.15, 0.2) is 5.57 Å². The van der Waals surface area contributed by atoms with E-state index in [4.69, 9.17) is 44.1 Å². The van der Waals surface area contributed by atoms with E-state index in [0.29, 0.717) is 29.7 Å². The number of aliphatic hydroxyl groups excluding tert-OH is 1. The molecular formula is C32H44N4O11. The number of pyridine rings is 2. The number of nitrogen functional groups attached to an aromatic ring is 1. The molecule has 0 radical (unpaired) electrons. The SMILES string of the molecule is C#CO.CCOC(=O)C(=CNc1ccc(OC)nc1)C(=O)OCC.CCOC(=O)C=C(CC)CC.COc1ccc(N)cn1.O=C=O. The first-order valence-electron chi connectivity index (χ1n) is 14.0. The van der Waals surface area contributed by atoms with E-state index in [2.05, 4.69) is 21.7 Å². The number of anilines is 2. The third-order valence-electron chi connectivity index (χ3n) is 4.80. The third kappa shape index (κ3) is 25.2. The number of esters is 3. The van der Waals surface area contributed by atoms with Crippen LogP contribution in [0.4, 0.5) is 11.4 Å². The fraction of sp³-hybridized carbons (Fsp3) is 0.375. The number of rotatable bonds is 12. The van der Waals surface area contributed by atoms with Gasteiger partial charge in [-0.15, -0.1) is 0 Å². The summed E-state index contributed by atoms with van der Waals surface area (Å²) in [6.07, 6.45) is 13.4. The van der Waals surface area contributed by atoms with Crippen molar-refractivity contribution in [3.05, 3.63) is 60.1 Å². The van der Waals surface area contributed by atoms with Crippen molar-refractivity contribution in [1.29, 1.82) is 0 Å². The van der Waals surface area contributed by atoms with Crippen LogP contribution in [0.3, 0.4) is 0 Å². The summed E-state index contributed by atoms with van der Waals surface area (Å²) in [5, 5.41) is 9.89. The molecule has 2 rings (SSSR count). The van der Waals surface area contributed by atoms with Crippen LogP contribution in [0.25, 0.3) is 0 Å². The number of nitrogens with one attached hydrogen (secondary N) is 1. The Bertz CT molecular complexity index is 1260. The number of nitrogens with zero attached hydrogens (tertiary/aromatic N) is 2. The van der Waals surface area contributed by atoms with Crippen LogP contribution in [0.5, 0.6) is 11.8 Å². The van der Waals surface area contributed by atoms with E-state index >= 15 is 0 Å². The summed E-state index contributed by atoms with van der Waals surface area (Å²) >= 11 is 0. The van der Waals surface area contributed by atoms with Crippen molar-refractivity contribution in [2.75, 3.05) is 45.1 Å². The highest BCUT2D eigenvalue weighted by Gasteiger charge is 2.20. The lowest BCUT2D eigenvalue weighted by molar-refractivity contribution is -0.191. The van der Waals surface area contributed by atoms with Gasteiger partial charge in [0, 0.05) is 24.4 Å². The maximum Gasteiger partial charge on any atom is 0.373 e. The minimum absolute atomic E-state index is 0.166. The monoisotopic (exact) mass is 660 g/mol. The number of carbonyl (C=O) groups is 3. The minimum atomic E-state index is -0.745. The lowest BCUT2D eigenvalue weighted by Gasteiger charge is -2.07.